The van der Waals surface area contributed by atoms with Gasteiger partial charge in [-0.15, -0.1) is 12.4 Å². The number of ketones is 1. The van der Waals surface area contributed by atoms with Crippen molar-refractivity contribution in [2.75, 3.05) is 13.6 Å². The molecule has 0 fully saturated rings. The van der Waals surface area contributed by atoms with Crippen LogP contribution in [0.3, 0.4) is 0 Å². The first-order valence-corrected chi connectivity index (χ1v) is 8.57. The summed E-state index contributed by atoms with van der Waals surface area (Å²) in [5.41, 5.74) is 7.51. The van der Waals surface area contributed by atoms with E-state index in [4.69, 9.17) is 5.73 Å². The maximum Gasteiger partial charge on any atom is 0.223 e. The first kappa shape index (κ1) is 22.6. The fourth-order valence-electron chi connectivity index (χ4n) is 2.38. The minimum atomic E-state index is -0.0347. The Bertz CT molecular complexity index is 503. The lowest BCUT2D eigenvalue weighted by molar-refractivity contribution is -0.131. The van der Waals surface area contributed by atoms with Gasteiger partial charge in [0, 0.05) is 38.0 Å². The molecule has 1 atom stereocenters. The number of hydrogen-bond acceptors (Lipinski definition) is 3. The summed E-state index contributed by atoms with van der Waals surface area (Å²) >= 11 is 0. The molecule has 0 aliphatic carbocycles. The zero-order chi connectivity index (χ0) is 17.2. The van der Waals surface area contributed by atoms with Gasteiger partial charge in [0.1, 0.15) is 0 Å². The minimum absolute atomic E-state index is 0. The number of halogens is 1. The van der Waals surface area contributed by atoms with Crippen molar-refractivity contribution >= 4 is 24.1 Å². The molecule has 0 radical (unpaired) electrons. The van der Waals surface area contributed by atoms with E-state index in [1.54, 1.807) is 11.9 Å². The number of benzene rings is 1. The van der Waals surface area contributed by atoms with Gasteiger partial charge in [0.2, 0.25) is 5.91 Å². The number of nitrogens with two attached hydrogens (primary N) is 1. The van der Waals surface area contributed by atoms with E-state index in [-0.39, 0.29) is 43.0 Å². The van der Waals surface area contributed by atoms with Gasteiger partial charge >= 0.3 is 0 Å². The van der Waals surface area contributed by atoms with Crippen LogP contribution in [0.15, 0.2) is 24.3 Å². The molecule has 0 aliphatic rings. The van der Waals surface area contributed by atoms with Crippen molar-refractivity contribution in [2.24, 2.45) is 5.73 Å². The number of unbranched alkanes of at least 4 members (excludes halogenated alkanes) is 2. The number of amides is 1. The van der Waals surface area contributed by atoms with Crippen LogP contribution in [0.2, 0.25) is 0 Å². The molecule has 1 amide bonds. The lowest BCUT2D eigenvalue weighted by atomic mass is 10.0. The van der Waals surface area contributed by atoms with Crippen LogP contribution in [0.1, 0.15) is 61.9 Å². The van der Waals surface area contributed by atoms with E-state index >= 15 is 0 Å². The fourth-order valence-corrected chi connectivity index (χ4v) is 2.38. The molecular formula is C19H31ClN2O2. The quantitative estimate of drug-likeness (QED) is 0.515. The second kappa shape index (κ2) is 12.0. The molecule has 0 saturated carbocycles. The Labute approximate surface area is 152 Å². The predicted molar refractivity (Wildman–Crippen MR) is 102 cm³/mol. The summed E-state index contributed by atoms with van der Waals surface area (Å²) in [5, 5.41) is 0. The average molecular weight is 355 g/mol. The minimum Gasteiger partial charge on any atom is -0.342 e. The van der Waals surface area contributed by atoms with Crippen molar-refractivity contribution < 1.29 is 9.59 Å². The zero-order valence-electron chi connectivity index (χ0n) is 15.1. The Balaban J connectivity index is 0.00000529. The van der Waals surface area contributed by atoms with E-state index in [1.165, 1.54) is 24.8 Å². The van der Waals surface area contributed by atoms with Crippen LogP contribution in [0.4, 0.5) is 0 Å². The molecule has 24 heavy (non-hydrogen) atoms. The summed E-state index contributed by atoms with van der Waals surface area (Å²) in [6.07, 6.45) is 5.17. The second-order valence-corrected chi connectivity index (χ2v) is 6.17. The second-order valence-electron chi connectivity index (χ2n) is 6.17. The Morgan fingerprint density at radius 3 is 2.29 bits per heavy atom. The topological polar surface area (TPSA) is 63.4 Å². The number of Topliss-reactive ketones (excluding diaryl/α,β-unsaturated/α-hetero) is 1. The highest BCUT2D eigenvalue weighted by atomic mass is 35.5. The molecule has 1 rings (SSSR count). The van der Waals surface area contributed by atoms with Gasteiger partial charge in [-0.2, -0.15) is 0 Å². The molecular weight excluding hydrogens is 324 g/mol. The van der Waals surface area contributed by atoms with Gasteiger partial charge in [0.15, 0.2) is 5.78 Å². The Morgan fingerprint density at radius 1 is 1.12 bits per heavy atom. The Morgan fingerprint density at radius 2 is 1.75 bits per heavy atom. The maximum atomic E-state index is 12.2. The van der Waals surface area contributed by atoms with Gasteiger partial charge in [0.25, 0.3) is 0 Å². The third-order valence-electron chi connectivity index (χ3n) is 4.31. The molecule has 0 heterocycles. The first-order chi connectivity index (χ1) is 11.0. The SMILES string of the molecule is CCCCCc1ccc(C(=O)CCC(=O)N(C)C(C)CN)cc1.Cl. The van der Waals surface area contributed by atoms with Crippen LogP contribution in [0.5, 0.6) is 0 Å². The van der Waals surface area contributed by atoms with Gasteiger partial charge in [-0.3, -0.25) is 9.59 Å². The van der Waals surface area contributed by atoms with Gasteiger partial charge in [-0.1, -0.05) is 44.0 Å². The van der Waals surface area contributed by atoms with Gasteiger partial charge < -0.3 is 10.6 Å². The molecule has 0 saturated heterocycles. The summed E-state index contributed by atoms with van der Waals surface area (Å²) < 4.78 is 0. The number of nitrogens with zero attached hydrogens (tertiary/aromatic N) is 1. The molecule has 0 spiro atoms. The molecule has 2 N–H and O–H groups in total. The van der Waals surface area contributed by atoms with E-state index in [0.717, 1.165) is 6.42 Å². The van der Waals surface area contributed by atoms with Crippen LogP contribution in [-0.4, -0.2) is 36.2 Å². The van der Waals surface area contributed by atoms with Gasteiger partial charge in [-0.05, 0) is 25.3 Å². The Hall–Kier alpha value is -1.39. The number of likely N-dealkylation sites (N-methyl/N-ethyl adjacent to an activating group) is 1. The third kappa shape index (κ3) is 7.45. The Kier molecular flexibility index (Phi) is 11.3. The number of carbonyl (C=O) groups is 2. The molecule has 0 aromatic heterocycles. The fraction of sp³-hybridized carbons (Fsp3) is 0.579. The molecule has 1 aromatic rings. The monoisotopic (exact) mass is 354 g/mol. The van der Waals surface area contributed by atoms with E-state index in [0.29, 0.717) is 12.1 Å². The van der Waals surface area contributed by atoms with Crippen LogP contribution in [0.25, 0.3) is 0 Å². The number of hydrogen-bond donors (Lipinski definition) is 1. The van der Waals surface area contributed by atoms with E-state index < -0.39 is 0 Å². The van der Waals surface area contributed by atoms with E-state index in [9.17, 15) is 9.59 Å². The highest BCUT2D eigenvalue weighted by Crippen LogP contribution is 2.12. The number of carbonyl (C=O) groups excluding carboxylic acids is 2. The van der Waals surface area contributed by atoms with Gasteiger partial charge in [0.05, 0.1) is 0 Å². The molecule has 4 nitrogen and oxygen atoms in total. The molecule has 136 valence electrons. The zero-order valence-corrected chi connectivity index (χ0v) is 15.9. The molecule has 0 bridgehead atoms. The number of aryl methyl sites for hydroxylation is 1. The van der Waals surface area contributed by atoms with Crippen molar-refractivity contribution in [1.29, 1.82) is 0 Å². The molecule has 1 aromatic carbocycles. The van der Waals surface area contributed by atoms with Crippen molar-refractivity contribution in [2.45, 2.75) is 58.4 Å². The van der Waals surface area contributed by atoms with Crippen molar-refractivity contribution in [3.63, 3.8) is 0 Å². The lowest BCUT2D eigenvalue weighted by Gasteiger charge is -2.23. The standard InChI is InChI=1S/C19H30N2O2.ClH/c1-4-5-6-7-16-8-10-17(11-9-16)18(22)12-13-19(23)21(3)15(2)14-20;/h8-11,15H,4-7,12-14,20H2,1-3H3;1H. The summed E-state index contributed by atoms with van der Waals surface area (Å²) in [7, 11) is 1.73. The van der Waals surface area contributed by atoms with Crippen molar-refractivity contribution in [3.05, 3.63) is 35.4 Å². The molecule has 1 unspecified atom stereocenters. The summed E-state index contributed by atoms with van der Waals surface area (Å²) in [6, 6.07) is 7.79. The smallest absolute Gasteiger partial charge is 0.223 e. The van der Waals surface area contributed by atoms with Crippen LogP contribution >= 0.6 is 12.4 Å². The predicted octanol–water partition coefficient (Wildman–Crippen LogP) is 3.61. The van der Waals surface area contributed by atoms with Crippen molar-refractivity contribution in [1.82, 2.24) is 4.90 Å². The van der Waals surface area contributed by atoms with Crippen LogP contribution in [0, 0.1) is 0 Å². The van der Waals surface area contributed by atoms with Gasteiger partial charge in [-0.25, -0.2) is 0 Å². The lowest BCUT2D eigenvalue weighted by Crippen LogP contribution is -2.39. The van der Waals surface area contributed by atoms with E-state index in [2.05, 4.69) is 6.92 Å². The normalized spacial score (nSPS) is 11.5. The van der Waals surface area contributed by atoms with Crippen LogP contribution in [-0.2, 0) is 11.2 Å². The molecule has 5 heteroatoms. The highest BCUT2D eigenvalue weighted by Gasteiger charge is 2.16. The summed E-state index contributed by atoms with van der Waals surface area (Å²) in [5.74, 6) is -0.0141. The summed E-state index contributed by atoms with van der Waals surface area (Å²) in [4.78, 5) is 25.8. The van der Waals surface area contributed by atoms with E-state index in [1.807, 2.05) is 31.2 Å². The highest BCUT2D eigenvalue weighted by molar-refractivity contribution is 5.98. The third-order valence-corrected chi connectivity index (χ3v) is 4.31. The summed E-state index contributed by atoms with van der Waals surface area (Å²) in [6.45, 7) is 4.52. The maximum absolute atomic E-state index is 12.2. The number of rotatable bonds is 10. The largest absolute Gasteiger partial charge is 0.342 e. The van der Waals surface area contributed by atoms with Crippen molar-refractivity contribution in [3.8, 4) is 0 Å². The average Bonchev–Trinajstić information content (AvgIpc) is 2.58. The molecule has 0 aliphatic heterocycles. The van der Waals surface area contributed by atoms with Crippen LogP contribution < -0.4 is 5.73 Å². The first-order valence-electron chi connectivity index (χ1n) is 8.57.